The van der Waals surface area contributed by atoms with Crippen LogP contribution in [-0.2, 0) is 6.42 Å². The predicted octanol–water partition coefficient (Wildman–Crippen LogP) is 0.714. The van der Waals surface area contributed by atoms with Crippen LogP contribution in [0.1, 0.15) is 31.0 Å². The Labute approximate surface area is 76.0 Å². The van der Waals surface area contributed by atoms with Crippen molar-refractivity contribution in [3.8, 4) is 0 Å². The summed E-state index contributed by atoms with van der Waals surface area (Å²) in [7, 11) is 0. The Hall–Kier alpha value is -1.32. The van der Waals surface area contributed by atoms with E-state index in [9.17, 15) is 9.59 Å². The molecule has 0 aromatic carbocycles. The van der Waals surface area contributed by atoms with Gasteiger partial charge in [0.2, 0.25) is 0 Å². The molecule has 0 aliphatic carbocycles. The van der Waals surface area contributed by atoms with Gasteiger partial charge in [0.15, 0.2) is 0 Å². The number of hydrogen-bond acceptors (Lipinski definition) is 2. The fraction of sp³-hybridized carbons (Fsp3) is 0.556. The third-order valence-electron chi connectivity index (χ3n) is 2.04. The second-order valence-corrected chi connectivity index (χ2v) is 3.12. The Bertz CT molecular complexity index is 389. The van der Waals surface area contributed by atoms with Crippen molar-refractivity contribution in [1.82, 2.24) is 9.97 Å². The van der Waals surface area contributed by atoms with Crippen molar-refractivity contribution >= 4 is 0 Å². The van der Waals surface area contributed by atoms with E-state index in [2.05, 4.69) is 16.9 Å². The minimum absolute atomic E-state index is 0.255. The van der Waals surface area contributed by atoms with Crippen LogP contribution in [0.25, 0.3) is 0 Å². The van der Waals surface area contributed by atoms with Crippen LogP contribution < -0.4 is 11.2 Å². The lowest BCUT2D eigenvalue weighted by atomic mass is 10.1. The number of unbranched alkanes of at least 4 members (excludes halogenated alkanes) is 1. The number of H-pyrrole nitrogens is 2. The molecule has 4 heteroatoms. The molecule has 1 aromatic rings. The van der Waals surface area contributed by atoms with Crippen LogP contribution in [-0.4, -0.2) is 9.97 Å². The molecule has 0 aliphatic rings. The molecule has 1 heterocycles. The van der Waals surface area contributed by atoms with E-state index in [-0.39, 0.29) is 5.56 Å². The Morgan fingerprint density at radius 3 is 2.46 bits per heavy atom. The number of aromatic nitrogens is 2. The molecule has 2 N–H and O–H groups in total. The summed E-state index contributed by atoms with van der Waals surface area (Å²) in [6.45, 7) is 3.82. The molecule has 72 valence electrons. The predicted molar refractivity (Wildman–Crippen MR) is 51.0 cm³/mol. The van der Waals surface area contributed by atoms with Gasteiger partial charge in [-0.15, -0.1) is 0 Å². The molecule has 1 rings (SSSR count). The maximum atomic E-state index is 11.3. The van der Waals surface area contributed by atoms with E-state index in [0.29, 0.717) is 11.3 Å². The van der Waals surface area contributed by atoms with Crippen LogP contribution >= 0.6 is 0 Å². The van der Waals surface area contributed by atoms with Gasteiger partial charge in [0.1, 0.15) is 0 Å². The Balaban J connectivity index is 3.07. The quantitative estimate of drug-likeness (QED) is 0.723. The van der Waals surface area contributed by atoms with E-state index in [1.807, 2.05) is 0 Å². The van der Waals surface area contributed by atoms with E-state index >= 15 is 0 Å². The molecule has 0 spiro atoms. The van der Waals surface area contributed by atoms with E-state index in [4.69, 9.17) is 0 Å². The zero-order valence-corrected chi connectivity index (χ0v) is 7.94. The number of aromatic amines is 2. The lowest BCUT2D eigenvalue weighted by Crippen LogP contribution is -2.26. The molecule has 0 saturated heterocycles. The van der Waals surface area contributed by atoms with Gasteiger partial charge in [0.25, 0.3) is 5.56 Å². The highest BCUT2D eigenvalue weighted by atomic mass is 16.2. The molecule has 0 aliphatic heterocycles. The van der Waals surface area contributed by atoms with Crippen molar-refractivity contribution in [3.63, 3.8) is 0 Å². The molecule has 0 bridgehead atoms. The van der Waals surface area contributed by atoms with Gasteiger partial charge >= 0.3 is 5.69 Å². The Morgan fingerprint density at radius 1 is 1.23 bits per heavy atom. The zero-order chi connectivity index (χ0) is 9.84. The van der Waals surface area contributed by atoms with Crippen molar-refractivity contribution in [2.24, 2.45) is 0 Å². The summed E-state index contributed by atoms with van der Waals surface area (Å²) in [6.07, 6.45) is 2.74. The van der Waals surface area contributed by atoms with Gasteiger partial charge in [0, 0.05) is 11.3 Å². The highest BCUT2D eigenvalue weighted by molar-refractivity contribution is 5.14. The van der Waals surface area contributed by atoms with Crippen LogP contribution in [0.4, 0.5) is 0 Å². The monoisotopic (exact) mass is 182 g/mol. The lowest BCUT2D eigenvalue weighted by Gasteiger charge is -2.01. The average Bonchev–Trinajstić information content (AvgIpc) is 2.02. The van der Waals surface area contributed by atoms with Crippen LogP contribution in [0, 0.1) is 6.92 Å². The zero-order valence-electron chi connectivity index (χ0n) is 7.94. The van der Waals surface area contributed by atoms with Gasteiger partial charge in [-0.3, -0.25) is 9.78 Å². The van der Waals surface area contributed by atoms with Crippen molar-refractivity contribution in [3.05, 3.63) is 32.1 Å². The van der Waals surface area contributed by atoms with E-state index < -0.39 is 5.69 Å². The Morgan fingerprint density at radius 2 is 1.92 bits per heavy atom. The molecule has 4 nitrogen and oxygen atoms in total. The van der Waals surface area contributed by atoms with Crippen LogP contribution in [0.3, 0.4) is 0 Å². The Kier molecular flexibility index (Phi) is 3.06. The molecular weight excluding hydrogens is 168 g/mol. The highest BCUT2D eigenvalue weighted by Crippen LogP contribution is 2.01. The van der Waals surface area contributed by atoms with Crippen LogP contribution in [0.2, 0.25) is 0 Å². The minimum Gasteiger partial charge on any atom is -0.311 e. The van der Waals surface area contributed by atoms with Crippen molar-refractivity contribution in [2.75, 3.05) is 0 Å². The number of hydrogen-bond donors (Lipinski definition) is 2. The summed E-state index contributed by atoms with van der Waals surface area (Å²) in [5, 5.41) is 0. The first-order valence-corrected chi connectivity index (χ1v) is 4.47. The summed E-state index contributed by atoms with van der Waals surface area (Å²) in [6, 6.07) is 0. The van der Waals surface area contributed by atoms with Crippen molar-refractivity contribution in [1.29, 1.82) is 0 Å². The molecule has 13 heavy (non-hydrogen) atoms. The molecule has 0 radical (unpaired) electrons. The van der Waals surface area contributed by atoms with Crippen LogP contribution in [0.15, 0.2) is 9.59 Å². The highest BCUT2D eigenvalue weighted by Gasteiger charge is 2.03. The van der Waals surface area contributed by atoms with Gasteiger partial charge in [-0.1, -0.05) is 13.3 Å². The van der Waals surface area contributed by atoms with Gasteiger partial charge in [-0.05, 0) is 19.8 Å². The third kappa shape index (κ3) is 2.31. The topological polar surface area (TPSA) is 65.7 Å². The minimum atomic E-state index is -0.428. The first kappa shape index (κ1) is 9.77. The summed E-state index contributed by atoms with van der Waals surface area (Å²) >= 11 is 0. The smallest absolute Gasteiger partial charge is 0.311 e. The fourth-order valence-electron chi connectivity index (χ4n) is 1.28. The van der Waals surface area contributed by atoms with E-state index in [1.54, 1.807) is 6.92 Å². The average molecular weight is 182 g/mol. The van der Waals surface area contributed by atoms with Gasteiger partial charge in [0.05, 0.1) is 0 Å². The molecule has 1 aromatic heterocycles. The molecule has 0 unspecified atom stereocenters. The number of aryl methyl sites for hydroxylation is 1. The normalized spacial score (nSPS) is 10.3. The molecular formula is C9H14N2O2. The van der Waals surface area contributed by atoms with Gasteiger partial charge < -0.3 is 4.98 Å². The van der Waals surface area contributed by atoms with Crippen molar-refractivity contribution in [2.45, 2.75) is 33.1 Å². The second-order valence-electron chi connectivity index (χ2n) is 3.12. The fourth-order valence-corrected chi connectivity index (χ4v) is 1.28. The summed E-state index contributed by atoms with van der Waals surface area (Å²) in [4.78, 5) is 26.9. The number of nitrogens with one attached hydrogen (secondary N) is 2. The maximum absolute atomic E-state index is 11.3. The molecule has 0 fully saturated rings. The SMILES string of the molecule is CCCCc1c(C)[nH]c(=O)[nH]c1=O. The standard InChI is InChI=1S/C9H14N2O2/c1-3-4-5-7-6(2)10-9(13)11-8(7)12/h3-5H2,1-2H3,(H2,10,11,12,13). The van der Waals surface area contributed by atoms with Crippen molar-refractivity contribution < 1.29 is 0 Å². The molecule has 0 atom stereocenters. The summed E-state index contributed by atoms with van der Waals surface area (Å²) in [5.74, 6) is 0. The maximum Gasteiger partial charge on any atom is 0.325 e. The molecule has 0 saturated carbocycles. The van der Waals surface area contributed by atoms with Gasteiger partial charge in [-0.25, -0.2) is 4.79 Å². The van der Waals surface area contributed by atoms with Gasteiger partial charge in [-0.2, -0.15) is 0 Å². The second kappa shape index (κ2) is 4.07. The van der Waals surface area contributed by atoms with E-state index in [1.165, 1.54) is 0 Å². The first-order chi connectivity index (χ1) is 6.15. The number of rotatable bonds is 3. The van der Waals surface area contributed by atoms with Crippen LogP contribution in [0.5, 0.6) is 0 Å². The molecule has 0 amide bonds. The third-order valence-corrected chi connectivity index (χ3v) is 2.04. The first-order valence-electron chi connectivity index (χ1n) is 4.47. The summed E-state index contributed by atoms with van der Waals surface area (Å²) in [5.41, 5.74) is 0.695. The largest absolute Gasteiger partial charge is 0.325 e. The van der Waals surface area contributed by atoms with E-state index in [0.717, 1.165) is 19.3 Å². The lowest BCUT2D eigenvalue weighted by molar-refractivity contribution is 0.769. The summed E-state index contributed by atoms with van der Waals surface area (Å²) < 4.78 is 0.